The third-order valence-corrected chi connectivity index (χ3v) is 5.37. The van der Waals surface area contributed by atoms with Gasteiger partial charge in [0, 0.05) is 25.4 Å². The largest absolute Gasteiger partial charge is 0.373 e. The molecule has 1 aromatic rings. The molecule has 0 aliphatic carbocycles. The summed E-state index contributed by atoms with van der Waals surface area (Å²) >= 11 is 0. The van der Waals surface area contributed by atoms with Crippen molar-refractivity contribution in [1.82, 2.24) is 5.32 Å². The molecule has 2 aliphatic heterocycles. The number of ether oxygens (including phenoxy) is 1. The molecule has 1 aromatic carbocycles. The van der Waals surface area contributed by atoms with E-state index in [0.29, 0.717) is 18.1 Å². The molecule has 3 unspecified atom stereocenters. The molecule has 0 aromatic heterocycles. The third kappa shape index (κ3) is 2.97. The maximum Gasteiger partial charge on any atom is 0.141 e. The maximum absolute atomic E-state index is 12.5. The number of carbonyl (C=O) groups is 1. The summed E-state index contributed by atoms with van der Waals surface area (Å²) in [5.74, 6) is 0.901. The van der Waals surface area contributed by atoms with Crippen molar-refractivity contribution in [3.05, 3.63) is 35.9 Å². The number of hydrogen-bond donors (Lipinski definition) is 1. The van der Waals surface area contributed by atoms with E-state index in [4.69, 9.17) is 4.74 Å². The van der Waals surface area contributed by atoms with Crippen molar-refractivity contribution in [3.8, 4) is 0 Å². The van der Waals surface area contributed by atoms with E-state index >= 15 is 0 Å². The first-order chi connectivity index (χ1) is 10.8. The highest BCUT2D eigenvalue weighted by Gasteiger charge is 2.55. The van der Waals surface area contributed by atoms with Crippen molar-refractivity contribution in [2.75, 3.05) is 19.7 Å². The van der Waals surface area contributed by atoms with Crippen LogP contribution < -0.4 is 5.32 Å². The van der Waals surface area contributed by atoms with E-state index in [-0.39, 0.29) is 11.5 Å². The van der Waals surface area contributed by atoms with E-state index < -0.39 is 0 Å². The van der Waals surface area contributed by atoms with Gasteiger partial charge >= 0.3 is 0 Å². The second kappa shape index (κ2) is 6.93. The fraction of sp³-hybridized carbons (Fsp3) is 0.632. The van der Waals surface area contributed by atoms with Gasteiger partial charge in [-0.15, -0.1) is 0 Å². The number of hydrogen-bond acceptors (Lipinski definition) is 3. The minimum absolute atomic E-state index is 0.0373. The van der Waals surface area contributed by atoms with Crippen LogP contribution in [0.2, 0.25) is 0 Å². The minimum atomic E-state index is -0.226. The number of rotatable bonds is 6. The van der Waals surface area contributed by atoms with Crippen LogP contribution >= 0.6 is 0 Å². The second-order valence-electron chi connectivity index (χ2n) is 6.73. The van der Waals surface area contributed by atoms with Crippen LogP contribution in [0.4, 0.5) is 0 Å². The van der Waals surface area contributed by atoms with Gasteiger partial charge in [0.1, 0.15) is 5.78 Å². The maximum atomic E-state index is 12.5. The molecule has 0 radical (unpaired) electrons. The minimum Gasteiger partial charge on any atom is -0.373 e. The van der Waals surface area contributed by atoms with E-state index in [2.05, 4.69) is 42.6 Å². The lowest BCUT2D eigenvalue weighted by Crippen LogP contribution is -2.64. The van der Waals surface area contributed by atoms with Crippen LogP contribution in [0.15, 0.2) is 30.3 Å². The number of piperidine rings is 1. The van der Waals surface area contributed by atoms with Crippen molar-refractivity contribution in [1.29, 1.82) is 0 Å². The van der Waals surface area contributed by atoms with E-state index in [1.807, 2.05) is 0 Å². The van der Waals surface area contributed by atoms with Gasteiger partial charge in [0.2, 0.25) is 0 Å². The molecule has 2 saturated heterocycles. The van der Waals surface area contributed by atoms with Crippen LogP contribution in [0.1, 0.15) is 38.2 Å². The number of Topliss-reactive ketones (excluding diaryl/α,β-unsaturated/α-hetero) is 1. The Bertz CT molecular complexity index is 501. The van der Waals surface area contributed by atoms with E-state index in [9.17, 15) is 4.79 Å². The van der Waals surface area contributed by atoms with Gasteiger partial charge in [-0.1, -0.05) is 50.1 Å². The summed E-state index contributed by atoms with van der Waals surface area (Å²) in [5, 5.41) is 3.40. The number of carbonyl (C=O) groups excluding carboxylic acids is 1. The Kier molecular flexibility index (Phi) is 4.94. The molecule has 3 rings (SSSR count). The molecule has 2 heterocycles. The summed E-state index contributed by atoms with van der Waals surface area (Å²) in [4.78, 5) is 12.5. The Hall–Kier alpha value is -1.19. The van der Waals surface area contributed by atoms with Gasteiger partial charge in [-0.2, -0.15) is 0 Å². The van der Waals surface area contributed by atoms with Gasteiger partial charge in [-0.3, -0.25) is 4.79 Å². The smallest absolute Gasteiger partial charge is 0.141 e. The van der Waals surface area contributed by atoms with E-state index in [0.717, 1.165) is 45.4 Å². The zero-order valence-electron chi connectivity index (χ0n) is 13.5. The summed E-state index contributed by atoms with van der Waals surface area (Å²) < 4.78 is 6.15. The molecule has 3 atom stereocenters. The van der Waals surface area contributed by atoms with Gasteiger partial charge in [-0.25, -0.2) is 0 Å². The Morgan fingerprint density at radius 2 is 2.14 bits per heavy atom. The highest BCUT2D eigenvalue weighted by Crippen LogP contribution is 2.46. The Balaban J connectivity index is 1.78. The number of benzene rings is 1. The molecule has 22 heavy (non-hydrogen) atoms. The third-order valence-electron chi connectivity index (χ3n) is 5.37. The van der Waals surface area contributed by atoms with Gasteiger partial charge in [-0.05, 0) is 18.4 Å². The lowest BCUT2D eigenvalue weighted by Gasteiger charge is -2.54. The normalized spacial score (nSPS) is 31.8. The molecule has 0 spiro atoms. The molecular weight excluding hydrogens is 274 g/mol. The van der Waals surface area contributed by atoms with Crippen LogP contribution in [0.5, 0.6) is 0 Å². The Labute approximate surface area is 133 Å². The van der Waals surface area contributed by atoms with E-state index in [1.54, 1.807) is 0 Å². The molecule has 2 aliphatic rings. The molecule has 3 heteroatoms. The summed E-state index contributed by atoms with van der Waals surface area (Å²) in [6.07, 6.45) is 4.97. The van der Waals surface area contributed by atoms with Crippen molar-refractivity contribution in [2.24, 2.45) is 11.8 Å². The Morgan fingerprint density at radius 3 is 2.77 bits per heavy atom. The lowest BCUT2D eigenvalue weighted by atomic mass is 9.65. The van der Waals surface area contributed by atoms with Crippen molar-refractivity contribution >= 4 is 5.78 Å². The van der Waals surface area contributed by atoms with Gasteiger partial charge in [0.25, 0.3) is 0 Å². The van der Waals surface area contributed by atoms with Crippen LogP contribution in [0.25, 0.3) is 0 Å². The van der Waals surface area contributed by atoms with Crippen LogP contribution in [0, 0.1) is 11.8 Å². The topological polar surface area (TPSA) is 38.3 Å². The number of unbranched alkanes of at least 4 members (excludes halogenated alkanes) is 1. The number of ketones is 1. The highest BCUT2D eigenvalue weighted by atomic mass is 16.5. The summed E-state index contributed by atoms with van der Waals surface area (Å²) in [5.41, 5.74) is 1.13. The lowest BCUT2D eigenvalue weighted by molar-refractivity contribution is -0.235. The standard InChI is InChI=1S/C19H27NO2/c1-2-3-10-19(17-13-20-11-9-18(17)21)16(14-22-19)12-15-7-5-4-6-8-15/h4-8,16-17,20H,2-3,9-14H2,1H3. The van der Waals surface area contributed by atoms with Crippen molar-refractivity contribution < 1.29 is 9.53 Å². The van der Waals surface area contributed by atoms with E-state index in [1.165, 1.54) is 5.56 Å². The first kappa shape index (κ1) is 15.7. The molecule has 120 valence electrons. The molecule has 2 fully saturated rings. The molecular formula is C19H27NO2. The summed E-state index contributed by atoms with van der Waals surface area (Å²) in [7, 11) is 0. The van der Waals surface area contributed by atoms with Crippen molar-refractivity contribution in [3.63, 3.8) is 0 Å². The monoisotopic (exact) mass is 301 g/mol. The fourth-order valence-electron chi connectivity index (χ4n) is 4.03. The Morgan fingerprint density at radius 1 is 1.32 bits per heavy atom. The van der Waals surface area contributed by atoms with Gasteiger partial charge in [0.05, 0.1) is 18.1 Å². The predicted molar refractivity (Wildman–Crippen MR) is 87.8 cm³/mol. The van der Waals surface area contributed by atoms with Crippen LogP contribution in [0.3, 0.4) is 0 Å². The molecule has 0 bridgehead atoms. The first-order valence-electron chi connectivity index (χ1n) is 8.67. The predicted octanol–water partition coefficient (Wildman–Crippen LogP) is 2.98. The van der Waals surface area contributed by atoms with Crippen molar-refractivity contribution in [2.45, 2.75) is 44.6 Å². The fourth-order valence-corrected chi connectivity index (χ4v) is 4.03. The summed E-state index contributed by atoms with van der Waals surface area (Å²) in [6, 6.07) is 10.6. The van der Waals surface area contributed by atoms with Gasteiger partial charge < -0.3 is 10.1 Å². The quantitative estimate of drug-likeness (QED) is 0.878. The SMILES string of the molecule is CCCCC1(C2CNCCC2=O)OCC1Cc1ccccc1. The summed E-state index contributed by atoms with van der Waals surface area (Å²) in [6.45, 7) is 4.61. The van der Waals surface area contributed by atoms with Gasteiger partial charge in [0.15, 0.2) is 0 Å². The first-order valence-corrected chi connectivity index (χ1v) is 8.67. The highest BCUT2D eigenvalue weighted by molar-refractivity contribution is 5.83. The molecule has 1 N–H and O–H groups in total. The zero-order valence-corrected chi connectivity index (χ0v) is 13.5. The molecule has 0 saturated carbocycles. The van der Waals surface area contributed by atoms with Crippen LogP contribution in [-0.4, -0.2) is 31.1 Å². The van der Waals surface area contributed by atoms with Crippen LogP contribution in [-0.2, 0) is 16.0 Å². The average molecular weight is 301 g/mol. The zero-order chi connectivity index (χ0) is 15.4. The second-order valence-corrected chi connectivity index (χ2v) is 6.73. The molecule has 3 nitrogen and oxygen atoms in total. The number of nitrogens with one attached hydrogen (secondary N) is 1. The molecule has 0 amide bonds. The average Bonchev–Trinajstić information content (AvgIpc) is 2.55.